The van der Waals surface area contributed by atoms with Crippen LogP contribution in [0.25, 0.3) is 45.0 Å². The fraction of sp³-hybridized carbons (Fsp3) is 0.108. The van der Waals surface area contributed by atoms with Crippen molar-refractivity contribution in [2.24, 2.45) is 0 Å². The van der Waals surface area contributed by atoms with E-state index in [9.17, 15) is 4.79 Å². The average molecular weight is 577 g/mol. The molecule has 0 aliphatic carbocycles. The van der Waals surface area contributed by atoms with Crippen LogP contribution in [0.1, 0.15) is 22.8 Å². The maximum absolute atomic E-state index is 13.5. The zero-order valence-electron chi connectivity index (χ0n) is 25.1. The van der Waals surface area contributed by atoms with Gasteiger partial charge in [0.1, 0.15) is 0 Å². The van der Waals surface area contributed by atoms with Crippen molar-refractivity contribution in [1.82, 2.24) is 19.9 Å². The van der Waals surface area contributed by atoms with E-state index in [0.29, 0.717) is 11.4 Å². The van der Waals surface area contributed by atoms with Crippen molar-refractivity contribution in [3.05, 3.63) is 132 Å². The van der Waals surface area contributed by atoms with Crippen LogP contribution in [-0.4, -0.2) is 26.0 Å². The summed E-state index contributed by atoms with van der Waals surface area (Å²) >= 11 is 0. The molecule has 216 valence electrons. The first-order valence-corrected chi connectivity index (χ1v) is 14.4. The molecule has 2 amide bonds. The third-order valence-electron chi connectivity index (χ3n) is 7.12. The Hall–Kier alpha value is -5.69. The Bertz CT molecular complexity index is 1730. The first-order chi connectivity index (χ1) is 21.3. The minimum Gasteiger partial charge on any atom is -0.308 e. The van der Waals surface area contributed by atoms with Crippen LogP contribution in [0, 0.1) is 27.7 Å². The summed E-state index contributed by atoms with van der Waals surface area (Å²) in [5.74, 6) is 0. The predicted octanol–water partition coefficient (Wildman–Crippen LogP) is 8.81. The highest BCUT2D eigenvalue weighted by Crippen LogP contribution is 2.31. The lowest BCUT2D eigenvalue weighted by Gasteiger charge is -2.14. The average Bonchev–Trinajstić information content (AvgIpc) is 3.01. The van der Waals surface area contributed by atoms with Gasteiger partial charge in [0, 0.05) is 56.4 Å². The van der Waals surface area contributed by atoms with E-state index >= 15 is 0 Å². The molecule has 0 atom stereocenters. The minimum absolute atomic E-state index is 0.375. The number of hydrogen-bond donors (Lipinski definition) is 2. The van der Waals surface area contributed by atoms with Gasteiger partial charge in [-0.3, -0.25) is 19.9 Å². The fourth-order valence-corrected chi connectivity index (χ4v) is 5.10. The van der Waals surface area contributed by atoms with Crippen LogP contribution in [0.2, 0.25) is 0 Å². The minimum atomic E-state index is -0.375. The van der Waals surface area contributed by atoms with Crippen molar-refractivity contribution < 1.29 is 4.79 Å². The Labute approximate surface area is 257 Å². The number of aromatic nitrogens is 4. The predicted molar refractivity (Wildman–Crippen MR) is 177 cm³/mol. The summed E-state index contributed by atoms with van der Waals surface area (Å²) in [7, 11) is 0. The molecule has 2 N–H and O–H groups in total. The second kappa shape index (κ2) is 12.3. The molecular formula is C37H32N6O. The van der Waals surface area contributed by atoms with Gasteiger partial charge in [0.15, 0.2) is 0 Å². The molecule has 0 bridgehead atoms. The Morgan fingerprint density at radius 1 is 0.432 bits per heavy atom. The van der Waals surface area contributed by atoms with Gasteiger partial charge in [-0.05, 0) is 113 Å². The molecule has 0 saturated heterocycles. The number of urea groups is 1. The van der Waals surface area contributed by atoms with Gasteiger partial charge < -0.3 is 10.6 Å². The van der Waals surface area contributed by atoms with Crippen LogP contribution < -0.4 is 10.6 Å². The van der Waals surface area contributed by atoms with E-state index in [1.54, 1.807) is 0 Å². The molecular weight excluding hydrogens is 544 g/mol. The molecule has 0 aliphatic heterocycles. The van der Waals surface area contributed by atoms with E-state index in [2.05, 4.69) is 10.6 Å². The number of carbonyl (C=O) groups is 1. The third kappa shape index (κ3) is 6.68. The van der Waals surface area contributed by atoms with Crippen molar-refractivity contribution in [3.8, 4) is 45.0 Å². The molecule has 0 radical (unpaired) electrons. The van der Waals surface area contributed by atoms with Gasteiger partial charge in [0.2, 0.25) is 0 Å². The molecule has 0 spiro atoms. The smallest absolute Gasteiger partial charge is 0.308 e. The van der Waals surface area contributed by atoms with Crippen molar-refractivity contribution in [3.63, 3.8) is 0 Å². The van der Waals surface area contributed by atoms with Crippen molar-refractivity contribution in [1.29, 1.82) is 0 Å². The lowest BCUT2D eigenvalue weighted by Crippen LogP contribution is -2.19. The maximum Gasteiger partial charge on any atom is 0.323 e. The van der Waals surface area contributed by atoms with Gasteiger partial charge >= 0.3 is 6.03 Å². The molecule has 2 aromatic carbocycles. The van der Waals surface area contributed by atoms with E-state index in [1.165, 1.54) is 0 Å². The van der Waals surface area contributed by atoms with E-state index < -0.39 is 0 Å². The van der Waals surface area contributed by atoms with Gasteiger partial charge in [-0.15, -0.1) is 0 Å². The van der Waals surface area contributed by atoms with Crippen molar-refractivity contribution in [2.45, 2.75) is 27.7 Å². The lowest BCUT2D eigenvalue weighted by atomic mass is 10.0. The van der Waals surface area contributed by atoms with E-state index in [1.807, 2.05) is 137 Å². The number of nitrogens with zero attached hydrogens (tertiary/aromatic N) is 4. The largest absolute Gasteiger partial charge is 0.323 e. The zero-order chi connectivity index (χ0) is 30.6. The number of nitrogens with one attached hydrogen (secondary N) is 2. The summed E-state index contributed by atoms with van der Waals surface area (Å²) < 4.78 is 0. The number of amides is 2. The highest BCUT2D eigenvalue weighted by Gasteiger charge is 2.13. The highest BCUT2D eigenvalue weighted by atomic mass is 16.2. The van der Waals surface area contributed by atoms with Crippen LogP contribution >= 0.6 is 0 Å². The van der Waals surface area contributed by atoms with Gasteiger partial charge in [0.05, 0.1) is 22.8 Å². The van der Waals surface area contributed by atoms with Gasteiger partial charge in [-0.25, -0.2) is 4.79 Å². The maximum atomic E-state index is 13.5. The number of anilines is 2. The summed E-state index contributed by atoms with van der Waals surface area (Å²) in [5.41, 5.74) is 11.7. The fourth-order valence-electron chi connectivity index (χ4n) is 5.10. The molecule has 6 rings (SSSR count). The van der Waals surface area contributed by atoms with Crippen LogP contribution in [0.5, 0.6) is 0 Å². The third-order valence-corrected chi connectivity index (χ3v) is 7.12. The van der Waals surface area contributed by atoms with Crippen molar-refractivity contribution >= 4 is 17.4 Å². The Morgan fingerprint density at radius 3 is 0.955 bits per heavy atom. The summed E-state index contributed by atoms with van der Waals surface area (Å²) in [6.07, 6.45) is 0. The van der Waals surface area contributed by atoms with Crippen LogP contribution in [-0.2, 0) is 0 Å². The van der Waals surface area contributed by atoms with Crippen LogP contribution in [0.15, 0.2) is 109 Å². The molecule has 4 aromatic heterocycles. The van der Waals surface area contributed by atoms with Gasteiger partial charge in [0.25, 0.3) is 0 Å². The summed E-state index contributed by atoms with van der Waals surface area (Å²) in [6, 6.07) is 35.0. The number of hydrogen-bond acceptors (Lipinski definition) is 5. The quantitative estimate of drug-likeness (QED) is 0.207. The number of carbonyl (C=O) groups excluding carboxylic acids is 1. The molecule has 0 saturated carbocycles. The lowest BCUT2D eigenvalue weighted by molar-refractivity contribution is 0.262. The molecule has 4 heterocycles. The number of rotatable bonds is 6. The molecule has 0 aliphatic rings. The molecule has 44 heavy (non-hydrogen) atoms. The van der Waals surface area contributed by atoms with E-state index in [-0.39, 0.29) is 6.03 Å². The Balaban J connectivity index is 1.35. The number of benzene rings is 2. The first-order valence-electron chi connectivity index (χ1n) is 14.4. The highest BCUT2D eigenvalue weighted by molar-refractivity contribution is 6.01. The number of aryl methyl sites for hydroxylation is 4. The van der Waals surface area contributed by atoms with E-state index in [0.717, 1.165) is 67.8 Å². The zero-order valence-corrected chi connectivity index (χ0v) is 25.1. The molecule has 6 aromatic rings. The Morgan fingerprint density at radius 2 is 0.705 bits per heavy atom. The Kier molecular flexibility index (Phi) is 7.93. The molecule has 0 fully saturated rings. The number of pyridine rings is 4. The van der Waals surface area contributed by atoms with Crippen LogP contribution in [0.4, 0.5) is 16.2 Å². The summed E-state index contributed by atoms with van der Waals surface area (Å²) in [4.78, 5) is 32.4. The SMILES string of the molecule is Cc1cccc(-c2cc(NC(=O)Nc3cc(-c4cccc(C)n4)cc(-c4cccc(C)n4)c3)cc(-c3cccc(C)n3)c2)n1. The molecule has 0 unspecified atom stereocenters. The normalized spacial score (nSPS) is 10.8. The van der Waals surface area contributed by atoms with Gasteiger partial charge in [-0.2, -0.15) is 0 Å². The molecule has 7 heteroatoms. The first kappa shape index (κ1) is 28.4. The summed E-state index contributed by atoms with van der Waals surface area (Å²) in [5, 5.41) is 6.08. The standard InChI is InChI=1S/C37H32N6O/c1-23-9-5-13-33(38-23)27-17-28(34-14-6-10-24(2)39-34)20-31(19-27)42-37(44)43-32-21-29(35-15-7-11-25(3)40-35)18-30(22-32)36-16-8-12-26(4)41-36/h5-22H,1-4H3,(H2,42,43,44). The second-order valence-corrected chi connectivity index (χ2v) is 10.8. The van der Waals surface area contributed by atoms with Crippen molar-refractivity contribution in [2.75, 3.05) is 10.6 Å². The van der Waals surface area contributed by atoms with Crippen LogP contribution in [0.3, 0.4) is 0 Å². The summed E-state index contributed by atoms with van der Waals surface area (Å²) in [6.45, 7) is 7.85. The molecule has 7 nitrogen and oxygen atoms in total. The van der Waals surface area contributed by atoms with E-state index in [4.69, 9.17) is 19.9 Å². The van der Waals surface area contributed by atoms with Gasteiger partial charge in [-0.1, -0.05) is 24.3 Å². The second-order valence-electron chi connectivity index (χ2n) is 10.8. The topological polar surface area (TPSA) is 92.7 Å². The monoisotopic (exact) mass is 576 g/mol.